The number of phenolic OH excluding ortho intramolecular Hbond substituents is 1. The number of phenols is 1. The molecule has 4 fully saturated rings. The normalized spacial score (nSPS) is 28.9. The number of carbonyl (C=O) groups excluding carboxylic acids is 4. The summed E-state index contributed by atoms with van der Waals surface area (Å²) in [6, 6.07) is 2.03. The minimum atomic E-state index is -1.39. The van der Waals surface area contributed by atoms with Crippen molar-refractivity contribution in [2.45, 2.75) is 60.8 Å². The zero-order chi connectivity index (χ0) is 28.8. The van der Waals surface area contributed by atoms with Gasteiger partial charge in [0.15, 0.2) is 6.23 Å². The Morgan fingerprint density at radius 2 is 1.88 bits per heavy atom. The van der Waals surface area contributed by atoms with Gasteiger partial charge in [0.05, 0.1) is 19.0 Å². The molecule has 16 heteroatoms. The number of rotatable bonds is 6. The number of nitrogens with one attached hydrogen (secondary N) is 1. The Morgan fingerprint density at radius 1 is 1.25 bits per heavy atom. The molecule has 1 aromatic carbocycles. The number of carboxylic acids is 2. The van der Waals surface area contributed by atoms with Gasteiger partial charge in [0.25, 0.3) is 0 Å². The van der Waals surface area contributed by atoms with E-state index in [-0.39, 0.29) is 81.8 Å². The largest absolute Gasteiger partial charge is 1.00 e. The smallest absolute Gasteiger partial charge is 0.547 e. The maximum atomic E-state index is 12.3. The quantitative estimate of drug-likeness (QED) is 0.152. The van der Waals surface area contributed by atoms with E-state index in [9.17, 15) is 39.3 Å². The van der Waals surface area contributed by atoms with E-state index in [0.29, 0.717) is 5.56 Å². The fourth-order valence-corrected chi connectivity index (χ4v) is 6.49. The minimum absolute atomic E-state index is 0. The molecular formula is C24H27KN4O10S. The standard InChI is InChI=1S/C16H19N3O5S.C8H9NO5.K/c1-16(2)11(15(23)24)19-13(22)10(14(19)25-16)18-12(21)9(17)7-3-5-8(20)6-4-7;10-2-1-4-7(8(12)13)9-5(11)3-6(9)14-4;/h3-6,9-11,14,20H,17H2,1-2H3,(H,18,21)(H,23,24);1,6-7,10H,2-3H2,(H,12,13);/q;;+1/p-1/b;4-1-;/t9-,10-,11+,14-;6-,7-;/m11./s1. The molecule has 6 N–H and O–H groups in total. The molecule has 4 aliphatic heterocycles. The van der Waals surface area contributed by atoms with E-state index in [0.717, 1.165) is 4.90 Å². The van der Waals surface area contributed by atoms with Gasteiger partial charge >= 0.3 is 57.4 Å². The summed E-state index contributed by atoms with van der Waals surface area (Å²) in [4.78, 5) is 60.3. The number of ether oxygens (including phenoxy) is 1. The monoisotopic (exact) mass is 602 g/mol. The van der Waals surface area contributed by atoms with Crippen molar-refractivity contribution in [3.05, 3.63) is 41.7 Å². The molecule has 3 amide bonds. The Labute approximate surface area is 275 Å². The summed E-state index contributed by atoms with van der Waals surface area (Å²) in [7, 11) is 0. The number of aliphatic hydroxyl groups excluding tert-OH is 1. The first kappa shape index (κ1) is 32.3. The molecule has 0 spiro atoms. The second kappa shape index (κ2) is 12.4. The number of carbonyl (C=O) groups is 5. The molecule has 40 heavy (non-hydrogen) atoms. The Kier molecular flexibility index (Phi) is 9.99. The van der Waals surface area contributed by atoms with Gasteiger partial charge < -0.3 is 45.9 Å². The zero-order valence-electron chi connectivity index (χ0n) is 21.8. The number of hydrogen-bond donors (Lipinski definition) is 5. The van der Waals surface area contributed by atoms with E-state index >= 15 is 0 Å². The number of nitrogens with zero attached hydrogens (tertiary/aromatic N) is 2. The molecule has 0 unspecified atom stereocenters. The van der Waals surface area contributed by atoms with Gasteiger partial charge in [-0.3, -0.25) is 19.3 Å². The molecular weight excluding hydrogens is 575 g/mol. The van der Waals surface area contributed by atoms with Gasteiger partial charge in [-0.05, 0) is 37.6 Å². The van der Waals surface area contributed by atoms with Crippen LogP contribution in [0.1, 0.15) is 31.9 Å². The number of fused-ring (bicyclic) bond motifs is 2. The van der Waals surface area contributed by atoms with Gasteiger partial charge in [0.1, 0.15) is 41.0 Å². The van der Waals surface area contributed by atoms with Gasteiger partial charge in [-0.2, -0.15) is 0 Å². The Bertz CT molecular complexity index is 1240. The molecule has 0 aliphatic carbocycles. The summed E-state index contributed by atoms with van der Waals surface area (Å²) in [6.07, 6.45) is 0.918. The number of aromatic hydroxyl groups is 1. The summed E-state index contributed by atoms with van der Waals surface area (Å²) >= 11 is 1.35. The van der Waals surface area contributed by atoms with Crippen molar-refractivity contribution in [2.75, 3.05) is 6.61 Å². The molecule has 1 aromatic rings. The molecule has 4 saturated heterocycles. The third-order valence-corrected chi connectivity index (χ3v) is 8.36. The van der Waals surface area contributed by atoms with Crippen LogP contribution in [0.25, 0.3) is 0 Å². The third kappa shape index (κ3) is 5.90. The Balaban J connectivity index is 0.000000250. The molecule has 210 valence electrons. The SMILES string of the molecule is CC1(C)S[C@@H]2[C@H](NC(=O)[C@H](N)c3ccc(O)cc3)C(=O)N2[C@H]1C(=O)O.O=C([O-])[C@H]1/C(=C/CO)O[C@@H]2CC(=O)N21.[K+]. The predicted molar refractivity (Wildman–Crippen MR) is 131 cm³/mol. The second-order valence-corrected chi connectivity index (χ2v) is 11.5. The van der Waals surface area contributed by atoms with Gasteiger partial charge in [-0.1, -0.05) is 12.1 Å². The molecule has 0 aromatic heterocycles. The number of amides is 3. The first-order valence-electron chi connectivity index (χ1n) is 11.9. The molecule has 0 saturated carbocycles. The van der Waals surface area contributed by atoms with Crippen molar-refractivity contribution in [3.63, 3.8) is 0 Å². The van der Waals surface area contributed by atoms with Gasteiger partial charge in [0.2, 0.25) is 17.7 Å². The van der Waals surface area contributed by atoms with Gasteiger partial charge in [-0.25, -0.2) is 4.79 Å². The zero-order valence-corrected chi connectivity index (χ0v) is 25.8. The van der Waals surface area contributed by atoms with Crippen molar-refractivity contribution in [1.29, 1.82) is 0 Å². The Morgan fingerprint density at radius 3 is 2.40 bits per heavy atom. The average molecular weight is 603 g/mol. The fraction of sp³-hybridized carbons (Fsp3) is 0.458. The number of nitrogens with two attached hydrogens (primary N) is 1. The van der Waals surface area contributed by atoms with E-state index in [1.165, 1.54) is 47.0 Å². The van der Waals surface area contributed by atoms with E-state index in [1.54, 1.807) is 13.8 Å². The number of aliphatic carboxylic acids is 2. The van der Waals surface area contributed by atoms with Gasteiger partial charge in [-0.15, -0.1) is 11.8 Å². The van der Waals surface area contributed by atoms with E-state index in [4.69, 9.17) is 15.6 Å². The number of carboxylic acid groups (broad SMARTS) is 2. The van der Waals surface area contributed by atoms with Crippen LogP contribution >= 0.6 is 11.8 Å². The minimum Gasteiger partial charge on any atom is -0.547 e. The summed E-state index contributed by atoms with van der Waals surface area (Å²) in [5.74, 6) is -3.51. The molecule has 0 radical (unpaired) electrons. The van der Waals surface area contributed by atoms with Crippen LogP contribution in [0.15, 0.2) is 36.1 Å². The van der Waals surface area contributed by atoms with Crippen LogP contribution in [-0.2, 0) is 28.7 Å². The van der Waals surface area contributed by atoms with E-state index in [1.807, 2.05) is 0 Å². The van der Waals surface area contributed by atoms with Crippen molar-refractivity contribution >= 4 is 41.4 Å². The Hall–Kier alpha value is -2.18. The molecule has 6 atom stereocenters. The molecule has 14 nitrogen and oxygen atoms in total. The maximum Gasteiger partial charge on any atom is 1.00 e. The third-order valence-electron chi connectivity index (χ3n) is 6.79. The fourth-order valence-electron chi connectivity index (χ4n) is 4.87. The van der Waals surface area contributed by atoms with Crippen LogP contribution in [0.3, 0.4) is 0 Å². The molecule has 5 rings (SSSR count). The second-order valence-electron chi connectivity index (χ2n) is 9.74. The van der Waals surface area contributed by atoms with Crippen LogP contribution in [-0.4, -0.2) is 95.9 Å². The van der Waals surface area contributed by atoms with Crippen molar-refractivity contribution in [3.8, 4) is 5.75 Å². The van der Waals surface area contributed by atoms with Crippen LogP contribution in [0, 0.1) is 0 Å². The van der Waals surface area contributed by atoms with Crippen LogP contribution in [0.2, 0.25) is 0 Å². The molecule has 0 bridgehead atoms. The predicted octanol–water partition coefficient (Wildman–Crippen LogP) is -5.40. The van der Waals surface area contributed by atoms with Crippen LogP contribution in [0.5, 0.6) is 5.75 Å². The maximum absolute atomic E-state index is 12.3. The molecule has 4 aliphatic rings. The van der Waals surface area contributed by atoms with Crippen molar-refractivity contribution < 1.29 is 101 Å². The van der Waals surface area contributed by atoms with Crippen LogP contribution < -0.4 is 67.5 Å². The van der Waals surface area contributed by atoms with E-state index < -0.39 is 64.3 Å². The number of thioether (sulfide) groups is 1. The first-order valence-corrected chi connectivity index (χ1v) is 12.7. The summed E-state index contributed by atoms with van der Waals surface area (Å²) in [5, 5.41) is 40.2. The van der Waals surface area contributed by atoms with Gasteiger partial charge in [0, 0.05) is 4.75 Å². The first-order chi connectivity index (χ1) is 18.3. The van der Waals surface area contributed by atoms with Crippen LogP contribution in [0.4, 0.5) is 0 Å². The summed E-state index contributed by atoms with van der Waals surface area (Å²) < 4.78 is 4.48. The topological polar surface area (TPSA) is 223 Å². The summed E-state index contributed by atoms with van der Waals surface area (Å²) in [6.45, 7) is 3.21. The van der Waals surface area contributed by atoms with Crippen molar-refractivity contribution in [1.82, 2.24) is 15.1 Å². The van der Waals surface area contributed by atoms with Crippen molar-refractivity contribution in [2.24, 2.45) is 5.73 Å². The number of hydrogen-bond acceptors (Lipinski definition) is 11. The molecule has 4 heterocycles. The van der Waals surface area contributed by atoms with E-state index in [2.05, 4.69) is 5.32 Å². The summed E-state index contributed by atoms with van der Waals surface area (Å²) in [5.41, 5.74) is 6.41. The number of aliphatic hydroxyl groups is 1. The number of benzene rings is 1. The average Bonchev–Trinajstić information content (AvgIpc) is 3.31. The number of β-lactam (4-membered cyclic amide) rings is 2.